The quantitative estimate of drug-likeness (QED) is 0.796. The second kappa shape index (κ2) is 5.81. The highest BCUT2D eigenvalue weighted by atomic mass is 16.6. The van der Waals surface area contributed by atoms with Crippen LogP contribution in [0.1, 0.15) is 36.7 Å². The van der Waals surface area contributed by atoms with Crippen molar-refractivity contribution in [2.75, 3.05) is 21.3 Å². The van der Waals surface area contributed by atoms with Crippen LogP contribution in [0.25, 0.3) is 10.8 Å². The molecule has 0 aromatic heterocycles. The van der Waals surface area contributed by atoms with Crippen LogP contribution in [0.4, 0.5) is 0 Å². The fourth-order valence-electron chi connectivity index (χ4n) is 4.00. The number of methoxy groups -OCH3 is 3. The average Bonchev–Trinajstić information content (AvgIpc) is 2.99. The molecule has 1 saturated heterocycles. The Kier molecular flexibility index (Phi) is 3.72. The van der Waals surface area contributed by atoms with Crippen molar-refractivity contribution in [2.24, 2.45) is 0 Å². The minimum absolute atomic E-state index is 0.246. The number of benzene rings is 2. The standard InChI is InChI=1S/C19H20O6/c1-9-14-16(18-12(24-9)8-13(20)25-18)17(22-3)10-6-5-7-11(21-2)15(10)19(14)23-4/h5-7,9,12,18H,8H2,1-4H3/t9-,12-,18+/m0/s1. The summed E-state index contributed by atoms with van der Waals surface area (Å²) in [5.41, 5.74) is 1.67. The molecule has 2 aliphatic heterocycles. The molecule has 132 valence electrons. The molecule has 6 nitrogen and oxygen atoms in total. The Labute approximate surface area is 145 Å². The van der Waals surface area contributed by atoms with E-state index in [0.717, 1.165) is 21.9 Å². The van der Waals surface area contributed by atoms with Crippen molar-refractivity contribution in [1.29, 1.82) is 0 Å². The maximum absolute atomic E-state index is 11.8. The number of carbonyl (C=O) groups is 1. The van der Waals surface area contributed by atoms with Crippen LogP contribution in [-0.4, -0.2) is 33.4 Å². The summed E-state index contributed by atoms with van der Waals surface area (Å²) in [6, 6.07) is 5.73. The Hall–Kier alpha value is -2.47. The first-order chi connectivity index (χ1) is 12.1. The monoisotopic (exact) mass is 344 g/mol. The summed E-state index contributed by atoms with van der Waals surface area (Å²) in [6.45, 7) is 1.95. The second-order valence-corrected chi connectivity index (χ2v) is 6.21. The molecule has 0 saturated carbocycles. The van der Waals surface area contributed by atoms with E-state index in [-0.39, 0.29) is 24.6 Å². The third kappa shape index (κ3) is 2.17. The molecule has 2 aliphatic rings. The number of hydrogen-bond donors (Lipinski definition) is 0. The molecule has 2 aromatic rings. The van der Waals surface area contributed by atoms with Crippen LogP contribution in [-0.2, 0) is 14.3 Å². The molecular weight excluding hydrogens is 324 g/mol. The third-order valence-corrected chi connectivity index (χ3v) is 4.94. The molecule has 0 amide bonds. The topological polar surface area (TPSA) is 63.2 Å². The largest absolute Gasteiger partial charge is 0.496 e. The molecule has 2 heterocycles. The number of rotatable bonds is 3. The molecule has 25 heavy (non-hydrogen) atoms. The number of ether oxygens (including phenoxy) is 5. The van der Waals surface area contributed by atoms with Crippen LogP contribution < -0.4 is 14.2 Å². The molecule has 0 N–H and O–H groups in total. The van der Waals surface area contributed by atoms with E-state index in [0.29, 0.717) is 17.2 Å². The summed E-state index contributed by atoms with van der Waals surface area (Å²) < 4.78 is 28.7. The molecule has 0 spiro atoms. The van der Waals surface area contributed by atoms with Crippen molar-refractivity contribution in [2.45, 2.75) is 31.7 Å². The van der Waals surface area contributed by atoms with Crippen LogP contribution in [0, 0.1) is 0 Å². The van der Waals surface area contributed by atoms with Crippen LogP contribution in [0.5, 0.6) is 17.2 Å². The molecular formula is C19H20O6. The number of carbonyl (C=O) groups excluding carboxylic acids is 1. The summed E-state index contributed by atoms with van der Waals surface area (Å²) >= 11 is 0. The van der Waals surface area contributed by atoms with E-state index in [2.05, 4.69) is 0 Å². The molecule has 0 radical (unpaired) electrons. The zero-order valence-corrected chi connectivity index (χ0v) is 14.6. The lowest BCUT2D eigenvalue weighted by Crippen LogP contribution is -2.27. The number of fused-ring (bicyclic) bond motifs is 4. The van der Waals surface area contributed by atoms with E-state index in [1.807, 2.05) is 25.1 Å². The molecule has 6 heteroatoms. The van der Waals surface area contributed by atoms with Crippen LogP contribution in [0.15, 0.2) is 18.2 Å². The summed E-state index contributed by atoms with van der Waals surface area (Å²) in [7, 11) is 4.86. The Morgan fingerprint density at radius 1 is 1.04 bits per heavy atom. The van der Waals surface area contributed by atoms with E-state index < -0.39 is 6.10 Å². The van der Waals surface area contributed by atoms with Gasteiger partial charge in [0, 0.05) is 16.5 Å². The van der Waals surface area contributed by atoms with Gasteiger partial charge in [0.1, 0.15) is 23.4 Å². The van der Waals surface area contributed by atoms with Gasteiger partial charge in [-0.1, -0.05) is 12.1 Å². The van der Waals surface area contributed by atoms with Crippen LogP contribution in [0.3, 0.4) is 0 Å². The van der Waals surface area contributed by atoms with Gasteiger partial charge < -0.3 is 23.7 Å². The van der Waals surface area contributed by atoms with Gasteiger partial charge in [0.05, 0.1) is 39.2 Å². The first-order valence-electron chi connectivity index (χ1n) is 8.20. The van der Waals surface area contributed by atoms with Gasteiger partial charge in [0.15, 0.2) is 6.10 Å². The Morgan fingerprint density at radius 3 is 2.48 bits per heavy atom. The molecule has 2 aromatic carbocycles. The van der Waals surface area contributed by atoms with Gasteiger partial charge in [-0.15, -0.1) is 0 Å². The highest BCUT2D eigenvalue weighted by Crippen LogP contribution is 2.55. The zero-order chi connectivity index (χ0) is 17.7. The fraction of sp³-hybridized carbons (Fsp3) is 0.421. The summed E-state index contributed by atoms with van der Waals surface area (Å²) in [4.78, 5) is 11.8. The lowest BCUT2D eigenvalue weighted by Gasteiger charge is -2.34. The molecule has 0 aliphatic carbocycles. The van der Waals surface area contributed by atoms with E-state index in [4.69, 9.17) is 23.7 Å². The van der Waals surface area contributed by atoms with Gasteiger partial charge in [-0.3, -0.25) is 4.79 Å². The van der Waals surface area contributed by atoms with Gasteiger partial charge >= 0.3 is 5.97 Å². The number of hydrogen-bond acceptors (Lipinski definition) is 6. The smallest absolute Gasteiger partial charge is 0.309 e. The van der Waals surface area contributed by atoms with Crippen molar-refractivity contribution in [3.8, 4) is 17.2 Å². The van der Waals surface area contributed by atoms with Crippen molar-refractivity contribution < 1.29 is 28.5 Å². The fourth-order valence-corrected chi connectivity index (χ4v) is 4.00. The third-order valence-electron chi connectivity index (χ3n) is 4.94. The highest BCUT2D eigenvalue weighted by Gasteiger charge is 2.47. The summed E-state index contributed by atoms with van der Waals surface area (Å²) in [6.07, 6.45) is -0.811. The molecule has 1 fully saturated rings. The first kappa shape index (κ1) is 16.0. The highest BCUT2D eigenvalue weighted by molar-refractivity contribution is 6.01. The first-order valence-corrected chi connectivity index (χ1v) is 8.20. The van der Waals surface area contributed by atoms with Crippen molar-refractivity contribution >= 4 is 16.7 Å². The van der Waals surface area contributed by atoms with Crippen molar-refractivity contribution in [3.05, 3.63) is 29.3 Å². The average molecular weight is 344 g/mol. The lowest BCUT2D eigenvalue weighted by molar-refractivity contribution is -0.143. The van der Waals surface area contributed by atoms with Gasteiger partial charge in [-0.05, 0) is 13.0 Å². The van der Waals surface area contributed by atoms with Gasteiger partial charge in [-0.2, -0.15) is 0 Å². The SMILES string of the molecule is COc1c2c(c(OC)c3c(OC)cccc13)[C@H](C)O[C@H]1CC(=O)O[C@@H]21. The summed E-state index contributed by atoms with van der Waals surface area (Å²) in [5.74, 6) is 1.76. The van der Waals surface area contributed by atoms with E-state index in [9.17, 15) is 4.79 Å². The summed E-state index contributed by atoms with van der Waals surface area (Å²) in [5, 5.41) is 1.68. The normalized spacial score (nSPS) is 24.5. The second-order valence-electron chi connectivity index (χ2n) is 6.21. The van der Waals surface area contributed by atoms with E-state index in [1.165, 1.54) is 0 Å². The zero-order valence-electron chi connectivity index (χ0n) is 14.6. The van der Waals surface area contributed by atoms with E-state index >= 15 is 0 Å². The minimum Gasteiger partial charge on any atom is -0.496 e. The molecule has 0 bridgehead atoms. The van der Waals surface area contributed by atoms with Crippen molar-refractivity contribution in [1.82, 2.24) is 0 Å². The minimum atomic E-state index is -0.488. The Balaban J connectivity index is 2.13. The Morgan fingerprint density at radius 2 is 1.80 bits per heavy atom. The van der Waals surface area contributed by atoms with E-state index in [1.54, 1.807) is 21.3 Å². The van der Waals surface area contributed by atoms with Gasteiger partial charge in [0.2, 0.25) is 0 Å². The molecule has 0 unspecified atom stereocenters. The Bertz CT molecular complexity index is 859. The lowest BCUT2D eigenvalue weighted by atomic mass is 9.87. The van der Waals surface area contributed by atoms with Crippen LogP contribution in [0.2, 0.25) is 0 Å². The predicted molar refractivity (Wildman–Crippen MR) is 90.3 cm³/mol. The number of esters is 1. The van der Waals surface area contributed by atoms with Crippen molar-refractivity contribution in [3.63, 3.8) is 0 Å². The maximum Gasteiger partial charge on any atom is 0.309 e. The van der Waals surface area contributed by atoms with Gasteiger partial charge in [-0.25, -0.2) is 0 Å². The van der Waals surface area contributed by atoms with Crippen LogP contribution >= 0.6 is 0 Å². The molecule has 4 rings (SSSR count). The maximum atomic E-state index is 11.8. The predicted octanol–water partition coefficient (Wildman–Crippen LogP) is 3.31. The van der Waals surface area contributed by atoms with Gasteiger partial charge in [0.25, 0.3) is 0 Å². The molecule has 3 atom stereocenters.